The number of imidazole rings is 1. The highest BCUT2D eigenvalue weighted by molar-refractivity contribution is 6.42. The minimum absolute atomic E-state index is 0.187. The molecule has 0 bridgehead atoms. The third-order valence-corrected chi connectivity index (χ3v) is 3.86. The molecule has 0 aliphatic heterocycles. The van der Waals surface area contributed by atoms with Gasteiger partial charge in [0.1, 0.15) is 5.82 Å². The van der Waals surface area contributed by atoms with Crippen LogP contribution in [-0.4, -0.2) is 9.55 Å². The van der Waals surface area contributed by atoms with Gasteiger partial charge in [-0.25, -0.2) is 9.37 Å². The first-order chi connectivity index (χ1) is 9.49. The number of aryl methyl sites for hydroxylation is 1. The number of anilines is 1. The summed E-state index contributed by atoms with van der Waals surface area (Å²) in [4.78, 5) is 4.20. The third-order valence-electron chi connectivity index (χ3n) is 3.13. The van der Waals surface area contributed by atoms with Gasteiger partial charge in [-0.05, 0) is 30.7 Å². The molecule has 0 aliphatic carbocycles. The lowest BCUT2D eigenvalue weighted by Gasteiger charge is -2.11. The van der Waals surface area contributed by atoms with Crippen LogP contribution in [0.2, 0.25) is 10.0 Å². The fourth-order valence-electron chi connectivity index (χ4n) is 2.23. The number of para-hydroxylation sites is 1. The number of nitrogen functional groups attached to an aromatic ring is 1. The van der Waals surface area contributed by atoms with Gasteiger partial charge in [0.25, 0.3) is 0 Å². The van der Waals surface area contributed by atoms with Gasteiger partial charge in [0.2, 0.25) is 5.95 Å². The minimum Gasteiger partial charge on any atom is -0.369 e. The highest BCUT2D eigenvalue weighted by atomic mass is 35.5. The molecule has 0 aliphatic rings. The van der Waals surface area contributed by atoms with E-state index < -0.39 is 0 Å². The molecule has 3 rings (SSSR count). The molecule has 20 heavy (non-hydrogen) atoms. The summed E-state index contributed by atoms with van der Waals surface area (Å²) in [6, 6.07) is 8.08. The van der Waals surface area contributed by atoms with Gasteiger partial charge >= 0.3 is 0 Å². The van der Waals surface area contributed by atoms with Crippen LogP contribution < -0.4 is 5.73 Å². The largest absolute Gasteiger partial charge is 0.369 e. The SMILES string of the molecule is Cc1cccc(F)c1-n1c(N)nc2cc(Cl)c(Cl)cc21. The molecule has 0 spiro atoms. The van der Waals surface area contributed by atoms with E-state index in [4.69, 9.17) is 28.9 Å². The summed E-state index contributed by atoms with van der Waals surface area (Å²) >= 11 is 12.0. The molecular weight excluding hydrogens is 300 g/mol. The van der Waals surface area contributed by atoms with Gasteiger partial charge in [-0.15, -0.1) is 0 Å². The number of aromatic nitrogens is 2. The second-order valence-electron chi connectivity index (χ2n) is 4.47. The van der Waals surface area contributed by atoms with Crippen LogP contribution in [0.4, 0.5) is 10.3 Å². The minimum atomic E-state index is -0.373. The van der Waals surface area contributed by atoms with Crippen LogP contribution in [0, 0.1) is 12.7 Å². The molecular formula is C14H10Cl2FN3. The maximum atomic E-state index is 14.1. The van der Waals surface area contributed by atoms with Gasteiger partial charge in [-0.2, -0.15) is 0 Å². The Hall–Kier alpha value is -1.78. The van der Waals surface area contributed by atoms with Crippen molar-refractivity contribution in [1.29, 1.82) is 0 Å². The first-order valence-corrected chi connectivity index (χ1v) is 6.63. The number of halogens is 3. The smallest absolute Gasteiger partial charge is 0.206 e. The molecule has 0 unspecified atom stereocenters. The second-order valence-corrected chi connectivity index (χ2v) is 5.28. The molecule has 0 atom stereocenters. The van der Waals surface area contributed by atoms with Crippen molar-refractivity contribution in [3.63, 3.8) is 0 Å². The topological polar surface area (TPSA) is 43.8 Å². The number of benzene rings is 2. The molecule has 3 nitrogen and oxygen atoms in total. The number of rotatable bonds is 1. The summed E-state index contributed by atoms with van der Waals surface area (Å²) in [6.07, 6.45) is 0. The van der Waals surface area contributed by atoms with Gasteiger partial charge in [0.15, 0.2) is 0 Å². The summed E-state index contributed by atoms with van der Waals surface area (Å²) in [5.74, 6) is -0.186. The Kier molecular flexibility index (Phi) is 3.07. The fourth-order valence-corrected chi connectivity index (χ4v) is 2.55. The van der Waals surface area contributed by atoms with Crippen LogP contribution in [0.1, 0.15) is 5.56 Å². The van der Waals surface area contributed by atoms with Crippen molar-refractivity contribution in [2.75, 3.05) is 5.73 Å². The summed E-state index contributed by atoms with van der Waals surface area (Å²) < 4.78 is 15.7. The first-order valence-electron chi connectivity index (χ1n) is 5.87. The van der Waals surface area contributed by atoms with Gasteiger partial charge in [0.05, 0.1) is 26.8 Å². The summed E-state index contributed by atoms with van der Waals surface area (Å²) in [5.41, 5.74) is 8.23. The lowest BCUT2D eigenvalue weighted by atomic mass is 10.2. The molecule has 0 fully saturated rings. The van der Waals surface area contributed by atoms with Crippen LogP contribution in [0.3, 0.4) is 0 Å². The van der Waals surface area contributed by atoms with Crippen molar-refractivity contribution in [3.8, 4) is 5.69 Å². The van der Waals surface area contributed by atoms with Crippen LogP contribution in [-0.2, 0) is 0 Å². The van der Waals surface area contributed by atoms with Crippen LogP contribution in [0.5, 0.6) is 0 Å². The average molecular weight is 310 g/mol. The molecule has 3 aromatic rings. The highest BCUT2D eigenvalue weighted by Crippen LogP contribution is 2.32. The molecule has 6 heteroatoms. The Morgan fingerprint density at radius 3 is 2.60 bits per heavy atom. The van der Waals surface area contributed by atoms with Crippen molar-refractivity contribution < 1.29 is 4.39 Å². The molecule has 0 amide bonds. The zero-order chi connectivity index (χ0) is 14.4. The van der Waals surface area contributed by atoms with E-state index in [1.54, 1.807) is 35.8 Å². The van der Waals surface area contributed by atoms with Crippen molar-refractivity contribution >= 4 is 40.2 Å². The molecule has 1 heterocycles. The van der Waals surface area contributed by atoms with Crippen LogP contribution >= 0.6 is 23.2 Å². The number of hydrogen-bond acceptors (Lipinski definition) is 2. The molecule has 1 aromatic heterocycles. The Morgan fingerprint density at radius 2 is 1.90 bits per heavy atom. The Balaban J connectivity index is 2.42. The number of fused-ring (bicyclic) bond motifs is 1. The molecule has 102 valence electrons. The maximum absolute atomic E-state index is 14.1. The average Bonchev–Trinajstić information content (AvgIpc) is 2.67. The van der Waals surface area contributed by atoms with E-state index in [1.165, 1.54) is 6.07 Å². The highest BCUT2D eigenvalue weighted by Gasteiger charge is 2.16. The van der Waals surface area contributed by atoms with Crippen molar-refractivity contribution in [3.05, 3.63) is 51.8 Å². The predicted octanol–water partition coefficient (Wildman–Crippen LogP) is 4.36. The quantitative estimate of drug-likeness (QED) is 0.725. The number of nitrogens with two attached hydrogens (primary N) is 1. The van der Waals surface area contributed by atoms with Gasteiger partial charge in [-0.1, -0.05) is 35.3 Å². The number of nitrogens with zero attached hydrogens (tertiary/aromatic N) is 2. The van der Waals surface area contributed by atoms with Gasteiger partial charge < -0.3 is 5.73 Å². The van der Waals surface area contributed by atoms with E-state index in [9.17, 15) is 4.39 Å². The first kappa shape index (κ1) is 13.2. The lowest BCUT2D eigenvalue weighted by Crippen LogP contribution is -2.05. The van der Waals surface area contributed by atoms with Crippen LogP contribution in [0.25, 0.3) is 16.7 Å². The Labute approximate surface area is 124 Å². The second kappa shape index (κ2) is 4.65. The van der Waals surface area contributed by atoms with E-state index in [-0.39, 0.29) is 11.8 Å². The van der Waals surface area contributed by atoms with E-state index in [2.05, 4.69) is 4.98 Å². The third kappa shape index (κ3) is 1.92. The predicted molar refractivity (Wildman–Crippen MR) is 80.2 cm³/mol. The normalized spacial score (nSPS) is 11.2. The van der Waals surface area contributed by atoms with E-state index in [0.717, 1.165) is 5.56 Å². The lowest BCUT2D eigenvalue weighted by molar-refractivity contribution is 0.618. The monoisotopic (exact) mass is 309 g/mol. The molecule has 0 saturated carbocycles. The summed E-state index contributed by atoms with van der Waals surface area (Å²) in [6.45, 7) is 1.81. The standard InChI is InChI=1S/C14H10Cl2FN3/c1-7-3-2-4-10(17)13(7)20-12-6-9(16)8(15)5-11(12)19-14(20)18/h2-6H,1H3,(H2,18,19). The molecule has 0 radical (unpaired) electrons. The van der Waals surface area contributed by atoms with Crippen molar-refractivity contribution in [1.82, 2.24) is 9.55 Å². The Bertz CT molecular complexity index is 807. The van der Waals surface area contributed by atoms with Crippen LogP contribution in [0.15, 0.2) is 30.3 Å². The van der Waals surface area contributed by atoms with Crippen molar-refractivity contribution in [2.45, 2.75) is 6.92 Å². The van der Waals surface area contributed by atoms with E-state index >= 15 is 0 Å². The number of hydrogen-bond donors (Lipinski definition) is 1. The summed E-state index contributed by atoms with van der Waals surface area (Å²) in [5, 5.41) is 0.753. The van der Waals surface area contributed by atoms with E-state index in [1.807, 2.05) is 0 Å². The fraction of sp³-hybridized carbons (Fsp3) is 0.0714. The van der Waals surface area contributed by atoms with Crippen molar-refractivity contribution in [2.24, 2.45) is 0 Å². The summed E-state index contributed by atoms with van der Waals surface area (Å²) in [7, 11) is 0. The molecule has 2 N–H and O–H groups in total. The molecule has 0 saturated heterocycles. The van der Waals surface area contributed by atoms with E-state index in [0.29, 0.717) is 26.8 Å². The Morgan fingerprint density at radius 1 is 1.20 bits per heavy atom. The zero-order valence-corrected chi connectivity index (χ0v) is 12.0. The van der Waals surface area contributed by atoms with Gasteiger partial charge in [0, 0.05) is 0 Å². The zero-order valence-electron chi connectivity index (χ0n) is 10.5. The van der Waals surface area contributed by atoms with Gasteiger partial charge in [-0.3, -0.25) is 4.57 Å². The molecule has 2 aromatic carbocycles. The maximum Gasteiger partial charge on any atom is 0.206 e.